The fourth-order valence-corrected chi connectivity index (χ4v) is 3.38. The number of hydrogen-bond donors (Lipinski definition) is 0. The topological polar surface area (TPSA) is 54.5 Å². The molecule has 112 valence electrons. The second kappa shape index (κ2) is 5.99. The first-order valence-corrected chi connectivity index (χ1v) is 9.14. The van der Waals surface area contributed by atoms with Crippen molar-refractivity contribution in [2.45, 2.75) is 18.4 Å². The van der Waals surface area contributed by atoms with Gasteiger partial charge in [-0.3, -0.25) is 4.79 Å². The standard InChI is InChI=1S/C15H17NO3S2/c1-11-6-7-13(21(3,18)19)9-14(11)15(17)16(2)10-12-5-4-8-20-12/h4-9H,10H2,1-3H3. The lowest BCUT2D eigenvalue weighted by Gasteiger charge is -2.18. The first kappa shape index (κ1) is 15.7. The van der Waals surface area contributed by atoms with Crippen LogP contribution < -0.4 is 0 Å². The van der Waals surface area contributed by atoms with Crippen molar-refractivity contribution in [3.8, 4) is 0 Å². The van der Waals surface area contributed by atoms with E-state index in [1.54, 1.807) is 36.3 Å². The lowest BCUT2D eigenvalue weighted by atomic mass is 10.1. The van der Waals surface area contributed by atoms with E-state index in [9.17, 15) is 13.2 Å². The van der Waals surface area contributed by atoms with Gasteiger partial charge in [0.15, 0.2) is 9.84 Å². The summed E-state index contributed by atoms with van der Waals surface area (Å²) < 4.78 is 23.2. The predicted octanol–water partition coefficient (Wildman–Crippen LogP) is 2.73. The average molecular weight is 323 g/mol. The first-order chi connectivity index (χ1) is 9.79. The molecule has 0 N–H and O–H groups in total. The molecule has 1 aromatic heterocycles. The van der Waals surface area contributed by atoms with Crippen LogP contribution in [0.2, 0.25) is 0 Å². The van der Waals surface area contributed by atoms with Crippen molar-refractivity contribution in [1.29, 1.82) is 0 Å². The number of sulfone groups is 1. The molecule has 0 spiro atoms. The smallest absolute Gasteiger partial charge is 0.254 e. The lowest BCUT2D eigenvalue weighted by molar-refractivity contribution is 0.0785. The minimum Gasteiger partial charge on any atom is -0.337 e. The van der Waals surface area contributed by atoms with Gasteiger partial charge >= 0.3 is 0 Å². The number of thiophene rings is 1. The van der Waals surface area contributed by atoms with Crippen LogP contribution in [0.15, 0.2) is 40.6 Å². The van der Waals surface area contributed by atoms with Gasteiger partial charge in [0.25, 0.3) is 5.91 Å². The summed E-state index contributed by atoms with van der Waals surface area (Å²) >= 11 is 1.59. The summed E-state index contributed by atoms with van der Waals surface area (Å²) in [6.07, 6.45) is 1.14. The van der Waals surface area contributed by atoms with Crippen molar-refractivity contribution in [3.05, 3.63) is 51.7 Å². The van der Waals surface area contributed by atoms with Crippen LogP contribution in [0, 0.1) is 6.92 Å². The average Bonchev–Trinajstić information content (AvgIpc) is 2.90. The number of carbonyl (C=O) groups is 1. The van der Waals surface area contributed by atoms with Gasteiger partial charge in [-0.25, -0.2) is 8.42 Å². The van der Waals surface area contributed by atoms with Crippen LogP contribution >= 0.6 is 11.3 Å². The first-order valence-electron chi connectivity index (χ1n) is 6.37. The quantitative estimate of drug-likeness (QED) is 0.869. The Morgan fingerprint density at radius 1 is 1.29 bits per heavy atom. The number of hydrogen-bond acceptors (Lipinski definition) is 4. The van der Waals surface area contributed by atoms with Crippen LogP contribution in [-0.2, 0) is 16.4 Å². The molecule has 0 aliphatic carbocycles. The van der Waals surface area contributed by atoms with Crippen LogP contribution in [0.4, 0.5) is 0 Å². The zero-order valence-corrected chi connectivity index (χ0v) is 13.8. The Bertz CT molecular complexity index is 749. The Balaban J connectivity index is 2.30. The second-order valence-corrected chi connectivity index (χ2v) is 8.04. The summed E-state index contributed by atoms with van der Waals surface area (Å²) in [5.74, 6) is -0.175. The van der Waals surface area contributed by atoms with Crippen molar-refractivity contribution in [2.24, 2.45) is 0 Å². The molecule has 0 unspecified atom stereocenters. The maximum absolute atomic E-state index is 12.5. The Hall–Kier alpha value is -1.66. The maximum Gasteiger partial charge on any atom is 0.254 e. The van der Waals surface area contributed by atoms with E-state index in [2.05, 4.69) is 0 Å². The minimum atomic E-state index is -3.32. The Labute approximate surface area is 129 Å². The van der Waals surface area contributed by atoms with E-state index >= 15 is 0 Å². The largest absolute Gasteiger partial charge is 0.337 e. The van der Waals surface area contributed by atoms with E-state index in [1.807, 2.05) is 17.5 Å². The summed E-state index contributed by atoms with van der Waals surface area (Å²) in [4.78, 5) is 15.4. The highest BCUT2D eigenvalue weighted by atomic mass is 32.2. The molecule has 4 nitrogen and oxygen atoms in total. The van der Waals surface area contributed by atoms with Crippen LogP contribution in [0.3, 0.4) is 0 Å². The zero-order chi connectivity index (χ0) is 15.6. The normalized spacial score (nSPS) is 11.4. The summed E-state index contributed by atoms with van der Waals surface area (Å²) in [7, 11) is -1.60. The van der Waals surface area contributed by atoms with Crippen molar-refractivity contribution >= 4 is 27.1 Å². The molecule has 2 aromatic rings. The number of nitrogens with zero attached hydrogens (tertiary/aromatic N) is 1. The zero-order valence-electron chi connectivity index (χ0n) is 12.2. The van der Waals surface area contributed by atoms with Crippen molar-refractivity contribution in [1.82, 2.24) is 4.90 Å². The van der Waals surface area contributed by atoms with E-state index in [1.165, 1.54) is 12.1 Å². The van der Waals surface area contributed by atoms with E-state index in [0.29, 0.717) is 12.1 Å². The predicted molar refractivity (Wildman–Crippen MR) is 84.4 cm³/mol. The van der Waals surface area contributed by atoms with Crippen LogP contribution in [0.5, 0.6) is 0 Å². The van der Waals surface area contributed by atoms with E-state index in [-0.39, 0.29) is 10.8 Å². The molecule has 1 aromatic carbocycles. The van der Waals surface area contributed by atoms with E-state index in [4.69, 9.17) is 0 Å². The molecule has 0 aliphatic rings. The molecule has 1 amide bonds. The van der Waals surface area contributed by atoms with Crippen LogP contribution in [-0.4, -0.2) is 32.5 Å². The molecule has 1 heterocycles. The van der Waals surface area contributed by atoms with Gasteiger partial charge < -0.3 is 4.90 Å². The highest BCUT2D eigenvalue weighted by Crippen LogP contribution is 2.19. The summed E-state index contributed by atoms with van der Waals surface area (Å²) in [5.41, 5.74) is 1.20. The van der Waals surface area contributed by atoms with E-state index in [0.717, 1.165) is 16.7 Å². The summed E-state index contributed by atoms with van der Waals surface area (Å²) in [5, 5.41) is 1.96. The number of aryl methyl sites for hydroxylation is 1. The van der Waals surface area contributed by atoms with Gasteiger partial charge in [-0.15, -0.1) is 11.3 Å². The fraction of sp³-hybridized carbons (Fsp3) is 0.267. The van der Waals surface area contributed by atoms with Crippen LogP contribution in [0.1, 0.15) is 20.8 Å². The van der Waals surface area contributed by atoms with Gasteiger partial charge in [0, 0.05) is 23.7 Å². The monoisotopic (exact) mass is 323 g/mol. The maximum atomic E-state index is 12.5. The third-order valence-corrected chi connectivity index (χ3v) is 5.16. The van der Waals surface area contributed by atoms with Crippen molar-refractivity contribution in [3.63, 3.8) is 0 Å². The molecular formula is C15H17NO3S2. The second-order valence-electron chi connectivity index (χ2n) is 4.99. The number of carbonyl (C=O) groups excluding carboxylic acids is 1. The molecule has 21 heavy (non-hydrogen) atoms. The van der Waals surface area contributed by atoms with E-state index < -0.39 is 9.84 Å². The molecule has 2 rings (SSSR count). The minimum absolute atomic E-state index is 0.168. The number of benzene rings is 1. The Morgan fingerprint density at radius 3 is 2.57 bits per heavy atom. The molecule has 0 fully saturated rings. The van der Waals surface area contributed by atoms with Gasteiger partial charge in [0.2, 0.25) is 0 Å². The molecular weight excluding hydrogens is 306 g/mol. The number of rotatable bonds is 4. The summed E-state index contributed by atoms with van der Waals surface area (Å²) in [6, 6.07) is 8.56. The van der Waals surface area contributed by atoms with Gasteiger partial charge in [-0.1, -0.05) is 12.1 Å². The van der Waals surface area contributed by atoms with Gasteiger partial charge in [-0.05, 0) is 36.1 Å². The lowest BCUT2D eigenvalue weighted by Crippen LogP contribution is -2.26. The SMILES string of the molecule is Cc1ccc(S(C)(=O)=O)cc1C(=O)N(C)Cc1cccs1. The molecule has 0 bridgehead atoms. The van der Waals surface area contributed by atoms with Gasteiger partial charge in [0.05, 0.1) is 11.4 Å². The molecule has 6 heteroatoms. The van der Waals surface area contributed by atoms with Crippen LogP contribution in [0.25, 0.3) is 0 Å². The molecule has 0 saturated heterocycles. The van der Waals surface area contributed by atoms with Gasteiger partial charge in [-0.2, -0.15) is 0 Å². The third kappa shape index (κ3) is 3.71. The number of amides is 1. The Kier molecular flexibility index (Phi) is 4.49. The van der Waals surface area contributed by atoms with Crippen molar-refractivity contribution in [2.75, 3.05) is 13.3 Å². The van der Waals surface area contributed by atoms with Gasteiger partial charge in [0.1, 0.15) is 0 Å². The molecule has 0 radical (unpaired) electrons. The highest BCUT2D eigenvalue weighted by molar-refractivity contribution is 7.90. The fourth-order valence-electron chi connectivity index (χ4n) is 1.98. The Morgan fingerprint density at radius 2 is 2.00 bits per heavy atom. The molecule has 0 saturated carbocycles. The highest BCUT2D eigenvalue weighted by Gasteiger charge is 2.18. The molecule has 0 aliphatic heterocycles. The third-order valence-electron chi connectivity index (χ3n) is 3.19. The molecule has 0 atom stereocenters. The summed E-state index contributed by atoms with van der Waals surface area (Å²) in [6.45, 7) is 2.32. The van der Waals surface area contributed by atoms with Crippen molar-refractivity contribution < 1.29 is 13.2 Å².